The van der Waals surface area contributed by atoms with Crippen LogP contribution in [-0.4, -0.2) is 32.8 Å². The molecule has 0 saturated carbocycles. The van der Waals surface area contributed by atoms with Gasteiger partial charge in [0.25, 0.3) is 0 Å². The Morgan fingerprint density at radius 1 is 1.35 bits per heavy atom. The maximum atomic E-state index is 12.1. The molecular formula is C11H18F3N3O2S. The highest BCUT2D eigenvalue weighted by Gasteiger charge is 2.30. The predicted octanol–water partition coefficient (Wildman–Crippen LogP) is 1.46. The molecule has 0 spiro atoms. The first kappa shape index (κ1) is 17.0. The molecule has 0 radical (unpaired) electrons. The Balaban J connectivity index is 2.97. The Kier molecular flexibility index (Phi) is 5.60. The van der Waals surface area contributed by atoms with Gasteiger partial charge in [0.2, 0.25) is 10.0 Å². The molecule has 0 unspecified atom stereocenters. The van der Waals surface area contributed by atoms with Crippen LogP contribution in [0.15, 0.2) is 17.2 Å². The molecule has 0 saturated heterocycles. The minimum atomic E-state index is -4.58. The Morgan fingerprint density at radius 3 is 2.50 bits per heavy atom. The summed E-state index contributed by atoms with van der Waals surface area (Å²) in [5.74, 6) is 0. The zero-order valence-electron chi connectivity index (χ0n) is 11.3. The van der Waals surface area contributed by atoms with Gasteiger partial charge in [-0.3, -0.25) is 0 Å². The molecule has 9 heteroatoms. The Bertz CT molecular complexity index is 514. The van der Waals surface area contributed by atoms with E-state index >= 15 is 0 Å². The molecular weight excluding hydrogens is 295 g/mol. The zero-order chi connectivity index (χ0) is 15.4. The normalized spacial score (nSPS) is 12.8. The van der Waals surface area contributed by atoms with Gasteiger partial charge in [-0.15, -0.1) is 0 Å². The quantitative estimate of drug-likeness (QED) is 0.801. The van der Waals surface area contributed by atoms with Crippen molar-refractivity contribution in [3.63, 3.8) is 0 Å². The van der Waals surface area contributed by atoms with Gasteiger partial charge in [0.05, 0.1) is 4.90 Å². The van der Waals surface area contributed by atoms with Gasteiger partial charge in [0.15, 0.2) is 0 Å². The molecule has 0 fully saturated rings. The molecule has 0 bridgehead atoms. The lowest BCUT2D eigenvalue weighted by molar-refractivity contribution is -0.121. The van der Waals surface area contributed by atoms with Crippen LogP contribution < -0.4 is 10.0 Å². The smallest absolute Gasteiger partial charge is 0.349 e. The van der Waals surface area contributed by atoms with Crippen molar-refractivity contribution in [3.05, 3.63) is 18.0 Å². The third-order valence-electron chi connectivity index (χ3n) is 2.56. The average Bonchev–Trinajstić information content (AvgIpc) is 2.71. The van der Waals surface area contributed by atoms with E-state index in [1.807, 2.05) is 6.92 Å². The van der Waals surface area contributed by atoms with E-state index in [2.05, 4.69) is 5.32 Å². The predicted molar refractivity (Wildman–Crippen MR) is 68.7 cm³/mol. The van der Waals surface area contributed by atoms with Crippen LogP contribution in [0.5, 0.6) is 0 Å². The summed E-state index contributed by atoms with van der Waals surface area (Å²) in [5, 5.41) is 2.89. The number of aromatic nitrogens is 1. The topological polar surface area (TPSA) is 63.1 Å². The molecule has 1 aromatic rings. The molecule has 20 heavy (non-hydrogen) atoms. The van der Waals surface area contributed by atoms with Crippen molar-refractivity contribution in [2.24, 2.45) is 0 Å². The van der Waals surface area contributed by atoms with Gasteiger partial charge in [0, 0.05) is 25.0 Å². The third-order valence-corrected chi connectivity index (χ3v) is 3.92. The number of aryl methyl sites for hydroxylation is 1. The first-order valence-electron chi connectivity index (χ1n) is 6.09. The van der Waals surface area contributed by atoms with Crippen molar-refractivity contribution < 1.29 is 21.6 Å². The van der Waals surface area contributed by atoms with Gasteiger partial charge in [-0.25, -0.2) is 13.1 Å². The van der Waals surface area contributed by atoms with E-state index in [1.54, 1.807) is 16.3 Å². The van der Waals surface area contributed by atoms with Crippen LogP contribution in [0.2, 0.25) is 0 Å². The Hall–Kier alpha value is -1.06. The van der Waals surface area contributed by atoms with E-state index in [9.17, 15) is 21.6 Å². The number of nitrogens with one attached hydrogen (secondary N) is 2. The van der Waals surface area contributed by atoms with E-state index in [0.29, 0.717) is 18.8 Å². The second-order valence-electron chi connectivity index (χ2n) is 4.33. The molecule has 0 atom stereocenters. The molecule has 1 heterocycles. The summed E-state index contributed by atoms with van der Waals surface area (Å²) in [5.41, 5.74) is 0.710. The van der Waals surface area contributed by atoms with Gasteiger partial charge in [0.1, 0.15) is 6.54 Å². The molecule has 0 aliphatic heterocycles. The van der Waals surface area contributed by atoms with Crippen molar-refractivity contribution in [2.75, 3.05) is 13.6 Å². The van der Waals surface area contributed by atoms with Crippen molar-refractivity contribution in [2.45, 2.75) is 37.5 Å². The summed E-state index contributed by atoms with van der Waals surface area (Å²) < 4.78 is 63.1. The molecule has 0 aliphatic carbocycles. The fourth-order valence-electron chi connectivity index (χ4n) is 1.71. The first-order valence-corrected chi connectivity index (χ1v) is 7.58. The number of hydrogen-bond donors (Lipinski definition) is 2. The van der Waals surface area contributed by atoms with Crippen LogP contribution in [0, 0.1) is 0 Å². The monoisotopic (exact) mass is 313 g/mol. The summed E-state index contributed by atoms with van der Waals surface area (Å²) in [6.45, 7) is 1.40. The fraction of sp³-hybridized carbons (Fsp3) is 0.636. The van der Waals surface area contributed by atoms with E-state index in [1.165, 1.54) is 12.3 Å². The van der Waals surface area contributed by atoms with Crippen molar-refractivity contribution in [1.29, 1.82) is 0 Å². The molecule has 116 valence electrons. The zero-order valence-corrected chi connectivity index (χ0v) is 12.1. The maximum Gasteiger partial charge on any atom is 0.402 e. The summed E-state index contributed by atoms with van der Waals surface area (Å²) in [6.07, 6.45) is -2.43. The summed E-state index contributed by atoms with van der Waals surface area (Å²) in [7, 11) is -2.44. The van der Waals surface area contributed by atoms with Crippen molar-refractivity contribution >= 4 is 10.0 Å². The maximum absolute atomic E-state index is 12.1. The number of nitrogens with zero attached hydrogens (tertiary/aromatic N) is 1. The van der Waals surface area contributed by atoms with Crippen LogP contribution in [-0.2, 0) is 23.1 Å². The Labute approximate surface area is 116 Å². The molecule has 1 aromatic heterocycles. The van der Waals surface area contributed by atoms with Crippen molar-refractivity contribution in [3.8, 4) is 0 Å². The lowest BCUT2D eigenvalue weighted by atomic mass is 10.4. The SMILES string of the molecule is CCCn1cc(S(=O)(=O)NCC(F)(F)F)cc1CNC. The average molecular weight is 313 g/mol. The minimum Gasteiger partial charge on any atom is -0.349 e. The highest BCUT2D eigenvalue weighted by atomic mass is 32.2. The lowest BCUT2D eigenvalue weighted by Crippen LogP contribution is -2.33. The van der Waals surface area contributed by atoms with Crippen molar-refractivity contribution in [1.82, 2.24) is 14.6 Å². The second-order valence-corrected chi connectivity index (χ2v) is 6.10. The summed E-state index contributed by atoms with van der Waals surface area (Å²) in [6, 6.07) is 1.38. The third kappa shape index (κ3) is 4.80. The minimum absolute atomic E-state index is 0.152. The molecule has 5 nitrogen and oxygen atoms in total. The highest BCUT2D eigenvalue weighted by Crippen LogP contribution is 2.18. The van der Waals surface area contributed by atoms with E-state index in [0.717, 1.165) is 6.42 Å². The number of halogens is 3. The first-order chi connectivity index (χ1) is 9.19. The van der Waals surface area contributed by atoms with Crippen LogP contribution in [0.3, 0.4) is 0 Å². The van der Waals surface area contributed by atoms with Crippen LogP contribution >= 0.6 is 0 Å². The van der Waals surface area contributed by atoms with Gasteiger partial charge in [-0.1, -0.05) is 6.92 Å². The van der Waals surface area contributed by atoms with Crippen LogP contribution in [0.25, 0.3) is 0 Å². The molecule has 0 aromatic carbocycles. The number of hydrogen-bond acceptors (Lipinski definition) is 3. The Morgan fingerprint density at radius 2 is 2.00 bits per heavy atom. The summed E-state index contributed by atoms with van der Waals surface area (Å²) >= 11 is 0. The second kappa shape index (κ2) is 6.59. The summed E-state index contributed by atoms with van der Waals surface area (Å²) in [4.78, 5) is -0.152. The van der Waals surface area contributed by atoms with Crippen LogP contribution in [0.1, 0.15) is 19.0 Å². The largest absolute Gasteiger partial charge is 0.402 e. The van der Waals surface area contributed by atoms with Gasteiger partial charge >= 0.3 is 6.18 Å². The van der Waals surface area contributed by atoms with Gasteiger partial charge in [-0.05, 0) is 19.5 Å². The molecule has 1 rings (SSSR count). The van der Waals surface area contributed by atoms with Gasteiger partial charge in [-0.2, -0.15) is 13.2 Å². The number of alkyl halides is 3. The fourth-order valence-corrected chi connectivity index (χ4v) is 2.79. The standard InChI is InChI=1S/C11H18F3N3O2S/c1-3-4-17-7-10(5-9(17)6-15-2)20(18,19)16-8-11(12,13)14/h5,7,15-16H,3-4,6,8H2,1-2H3. The van der Waals surface area contributed by atoms with Crippen LogP contribution in [0.4, 0.5) is 13.2 Å². The van der Waals surface area contributed by atoms with Gasteiger partial charge < -0.3 is 9.88 Å². The highest BCUT2D eigenvalue weighted by molar-refractivity contribution is 7.89. The molecule has 0 amide bonds. The number of sulfonamides is 1. The van der Waals surface area contributed by atoms with E-state index in [4.69, 9.17) is 0 Å². The van der Waals surface area contributed by atoms with E-state index < -0.39 is 22.7 Å². The molecule has 0 aliphatic rings. The lowest BCUT2D eigenvalue weighted by Gasteiger charge is -2.07. The molecule has 2 N–H and O–H groups in total. The number of rotatable bonds is 7. The van der Waals surface area contributed by atoms with E-state index in [-0.39, 0.29) is 4.90 Å².